The molecular weight excluding hydrogens is 422 g/mol. The summed E-state index contributed by atoms with van der Waals surface area (Å²) in [6, 6.07) is 0.240. The van der Waals surface area contributed by atoms with Crippen molar-refractivity contribution in [2.75, 3.05) is 47.9 Å². The number of hydrogen-bond acceptors (Lipinski definition) is 7. The molecule has 1 aromatic rings. The number of unbranched alkanes of at least 4 members (excludes halogenated alkanes) is 4. The average molecular weight is 472 g/mol. The summed E-state index contributed by atoms with van der Waals surface area (Å²) in [4.78, 5) is 22.1. The van der Waals surface area contributed by atoms with Crippen molar-refractivity contribution in [3.8, 4) is 0 Å². The van der Waals surface area contributed by atoms with Crippen molar-refractivity contribution in [3.05, 3.63) is 24.6 Å². The van der Waals surface area contributed by atoms with Crippen LogP contribution in [0, 0.1) is 0 Å². The third-order valence-corrected chi connectivity index (χ3v) is 6.47. The molecule has 7 nitrogen and oxygen atoms in total. The van der Waals surface area contributed by atoms with Crippen LogP contribution in [0.5, 0.6) is 0 Å². The van der Waals surface area contributed by atoms with Crippen molar-refractivity contribution in [2.45, 2.75) is 97.9 Å². The van der Waals surface area contributed by atoms with E-state index in [1.807, 2.05) is 0 Å². The van der Waals surface area contributed by atoms with Crippen LogP contribution >= 0.6 is 0 Å². The second kappa shape index (κ2) is 14.8. The highest BCUT2D eigenvalue weighted by Gasteiger charge is 2.26. The van der Waals surface area contributed by atoms with Crippen molar-refractivity contribution in [1.82, 2.24) is 20.3 Å². The van der Waals surface area contributed by atoms with Crippen molar-refractivity contribution in [3.63, 3.8) is 0 Å². The van der Waals surface area contributed by atoms with Crippen molar-refractivity contribution >= 4 is 17.8 Å². The lowest BCUT2D eigenvalue weighted by Crippen LogP contribution is -2.40. The minimum Gasteiger partial charge on any atom is -0.363 e. The standard InChI is InChI=1S/C27H49N7/c1-8-12-16-33(17-13-9-2)26-29-25(32(7)24-20-22(5)28-23(6)21-24)30-27(31-26)34(18-14-10-3)19-15-11-4/h24,28H,5-6,8-21H2,1-4,7H3. The van der Waals surface area contributed by atoms with E-state index in [9.17, 15) is 0 Å². The maximum absolute atomic E-state index is 5.06. The van der Waals surface area contributed by atoms with Gasteiger partial charge in [0.15, 0.2) is 0 Å². The first-order valence-electron chi connectivity index (χ1n) is 13.5. The third-order valence-electron chi connectivity index (χ3n) is 6.47. The monoisotopic (exact) mass is 471 g/mol. The van der Waals surface area contributed by atoms with E-state index in [-0.39, 0.29) is 6.04 Å². The summed E-state index contributed by atoms with van der Waals surface area (Å²) in [6.07, 6.45) is 10.9. The minimum atomic E-state index is 0.240. The maximum Gasteiger partial charge on any atom is 0.231 e. The summed E-state index contributed by atoms with van der Waals surface area (Å²) in [5.41, 5.74) is 2.00. The molecule has 1 N–H and O–H groups in total. The highest BCUT2D eigenvalue weighted by atomic mass is 15.4. The van der Waals surface area contributed by atoms with Gasteiger partial charge in [0, 0.05) is 63.5 Å². The second-order valence-corrected chi connectivity index (χ2v) is 9.63. The Bertz CT molecular complexity index is 693. The van der Waals surface area contributed by atoms with Gasteiger partial charge in [-0.3, -0.25) is 0 Å². The van der Waals surface area contributed by atoms with Gasteiger partial charge in [-0.2, -0.15) is 15.0 Å². The number of rotatable bonds is 16. The average Bonchev–Trinajstić information content (AvgIpc) is 2.83. The van der Waals surface area contributed by atoms with Gasteiger partial charge in [-0.1, -0.05) is 66.5 Å². The molecule has 1 saturated heterocycles. The van der Waals surface area contributed by atoms with Crippen LogP contribution in [0.1, 0.15) is 91.9 Å². The molecule has 7 heteroatoms. The fourth-order valence-corrected chi connectivity index (χ4v) is 4.23. The quantitative estimate of drug-likeness (QED) is 0.322. The summed E-state index contributed by atoms with van der Waals surface area (Å²) in [6.45, 7) is 21.2. The number of nitrogens with zero attached hydrogens (tertiary/aromatic N) is 6. The fourth-order valence-electron chi connectivity index (χ4n) is 4.23. The van der Waals surface area contributed by atoms with E-state index >= 15 is 0 Å². The molecule has 1 aliphatic rings. The minimum absolute atomic E-state index is 0.240. The Kier molecular flexibility index (Phi) is 12.2. The Labute approximate surface area is 208 Å². The first-order chi connectivity index (χ1) is 16.4. The lowest BCUT2D eigenvalue weighted by atomic mass is 10.0. The number of hydrogen-bond donors (Lipinski definition) is 1. The van der Waals surface area contributed by atoms with Gasteiger partial charge < -0.3 is 20.0 Å². The predicted molar refractivity (Wildman–Crippen MR) is 147 cm³/mol. The highest BCUT2D eigenvalue weighted by molar-refractivity contribution is 5.47. The van der Waals surface area contributed by atoms with Crippen molar-refractivity contribution in [1.29, 1.82) is 0 Å². The van der Waals surface area contributed by atoms with Crippen LogP contribution in [0.3, 0.4) is 0 Å². The normalized spacial score (nSPS) is 14.3. The van der Waals surface area contributed by atoms with Gasteiger partial charge in [0.25, 0.3) is 0 Å². The molecule has 0 saturated carbocycles. The van der Waals surface area contributed by atoms with Gasteiger partial charge in [-0.05, 0) is 25.7 Å². The Hall–Kier alpha value is -2.31. The van der Waals surface area contributed by atoms with Gasteiger partial charge in [-0.15, -0.1) is 0 Å². The Morgan fingerprint density at radius 3 is 1.38 bits per heavy atom. The van der Waals surface area contributed by atoms with Crippen LogP contribution in [0.4, 0.5) is 17.8 Å². The van der Waals surface area contributed by atoms with Gasteiger partial charge in [0.2, 0.25) is 17.8 Å². The molecule has 0 spiro atoms. The number of aromatic nitrogens is 3. The molecule has 0 bridgehead atoms. The Morgan fingerprint density at radius 2 is 1.03 bits per heavy atom. The smallest absolute Gasteiger partial charge is 0.231 e. The molecule has 0 unspecified atom stereocenters. The van der Waals surface area contributed by atoms with E-state index in [1.54, 1.807) is 0 Å². The van der Waals surface area contributed by atoms with Gasteiger partial charge >= 0.3 is 0 Å². The lowest BCUT2D eigenvalue weighted by Gasteiger charge is -2.35. The van der Waals surface area contributed by atoms with E-state index < -0.39 is 0 Å². The van der Waals surface area contributed by atoms with Crippen LogP contribution in [-0.4, -0.2) is 54.2 Å². The summed E-state index contributed by atoms with van der Waals surface area (Å²) in [7, 11) is 2.10. The summed E-state index contributed by atoms with van der Waals surface area (Å²) >= 11 is 0. The van der Waals surface area contributed by atoms with Crippen LogP contribution in [0.25, 0.3) is 0 Å². The molecule has 2 heterocycles. The van der Waals surface area contributed by atoms with Crippen LogP contribution in [0.15, 0.2) is 24.6 Å². The Morgan fingerprint density at radius 1 is 0.676 bits per heavy atom. The molecule has 0 aliphatic carbocycles. The highest BCUT2D eigenvalue weighted by Crippen LogP contribution is 2.27. The molecule has 1 fully saturated rings. The molecule has 0 radical (unpaired) electrons. The van der Waals surface area contributed by atoms with Crippen LogP contribution in [0.2, 0.25) is 0 Å². The molecule has 1 aromatic heterocycles. The molecule has 2 rings (SSSR count). The molecular formula is C27H49N7. The topological polar surface area (TPSA) is 60.4 Å². The summed E-state index contributed by atoms with van der Waals surface area (Å²) < 4.78 is 0. The van der Waals surface area contributed by atoms with E-state index in [4.69, 9.17) is 15.0 Å². The number of anilines is 3. The number of piperidine rings is 1. The zero-order chi connectivity index (χ0) is 24.9. The predicted octanol–water partition coefficient (Wildman–Crippen LogP) is 5.90. The first-order valence-corrected chi connectivity index (χ1v) is 13.5. The third kappa shape index (κ3) is 8.48. The summed E-state index contributed by atoms with van der Waals surface area (Å²) in [5, 5.41) is 3.28. The van der Waals surface area contributed by atoms with Crippen molar-refractivity contribution < 1.29 is 0 Å². The second-order valence-electron chi connectivity index (χ2n) is 9.63. The zero-order valence-corrected chi connectivity index (χ0v) is 22.6. The van der Waals surface area contributed by atoms with E-state index in [0.717, 1.165) is 120 Å². The molecule has 34 heavy (non-hydrogen) atoms. The number of nitrogens with one attached hydrogen (secondary N) is 1. The largest absolute Gasteiger partial charge is 0.363 e. The van der Waals surface area contributed by atoms with E-state index in [2.05, 4.69) is 67.9 Å². The molecule has 192 valence electrons. The van der Waals surface area contributed by atoms with Gasteiger partial charge in [-0.25, -0.2) is 0 Å². The van der Waals surface area contributed by atoms with Gasteiger partial charge in [0.05, 0.1) is 0 Å². The SMILES string of the molecule is C=C1CC(N(C)c2nc(N(CCCC)CCCC)nc(N(CCCC)CCCC)n2)CC(=C)N1. The van der Waals surface area contributed by atoms with Crippen LogP contribution in [-0.2, 0) is 0 Å². The van der Waals surface area contributed by atoms with Crippen LogP contribution < -0.4 is 20.0 Å². The maximum atomic E-state index is 5.06. The Balaban J connectivity index is 2.47. The lowest BCUT2D eigenvalue weighted by molar-refractivity contribution is 0.537. The molecule has 0 aromatic carbocycles. The molecule has 0 atom stereocenters. The molecule has 0 amide bonds. The fraction of sp³-hybridized carbons (Fsp3) is 0.741. The van der Waals surface area contributed by atoms with E-state index in [0.29, 0.717) is 0 Å². The van der Waals surface area contributed by atoms with Crippen molar-refractivity contribution in [2.24, 2.45) is 0 Å². The zero-order valence-electron chi connectivity index (χ0n) is 22.6. The first kappa shape index (κ1) is 27.9. The summed E-state index contributed by atoms with van der Waals surface area (Å²) in [5.74, 6) is 2.39. The van der Waals surface area contributed by atoms with Gasteiger partial charge in [0.1, 0.15) is 0 Å². The molecule has 1 aliphatic heterocycles. The van der Waals surface area contributed by atoms with E-state index in [1.165, 1.54) is 0 Å².